The molecule has 1 nitrogen and oxygen atoms in total. The molecule has 1 aromatic carbocycles. The van der Waals surface area contributed by atoms with Gasteiger partial charge in [0.2, 0.25) is 0 Å². The molecule has 1 N–H and O–H groups in total. The van der Waals surface area contributed by atoms with Gasteiger partial charge in [0.1, 0.15) is 0 Å². The molecule has 1 unspecified atom stereocenters. The topological polar surface area (TPSA) is 12.0 Å². The fraction of sp³-hybridized carbons (Fsp3) is 0.375. The number of thiophene rings is 1. The summed E-state index contributed by atoms with van der Waals surface area (Å²) in [7, 11) is 2.05. The summed E-state index contributed by atoms with van der Waals surface area (Å²) in [4.78, 5) is 2.82. The number of aryl methyl sites for hydroxylation is 4. The lowest BCUT2D eigenvalue weighted by molar-refractivity contribution is 0.691. The molecule has 0 aliphatic carbocycles. The normalized spacial score (nSPS) is 12.7. The number of nitrogens with one attached hydrogen (secondary N) is 1. The predicted molar refractivity (Wildman–Crippen MR) is 80.6 cm³/mol. The summed E-state index contributed by atoms with van der Waals surface area (Å²) < 4.78 is 0. The lowest BCUT2D eigenvalue weighted by atomic mass is 9.94. The summed E-state index contributed by atoms with van der Waals surface area (Å²) in [6.07, 6.45) is 0. The Balaban J connectivity index is 2.55. The standard InChI is InChI=1S/C16H21NS/c1-10-7-6-8-11(2)14(10)15(17-5)16-12(3)9-13(4)18-16/h6-9,15,17H,1-5H3. The Kier molecular flexibility index (Phi) is 3.88. The van der Waals surface area contributed by atoms with Crippen LogP contribution in [-0.4, -0.2) is 7.05 Å². The predicted octanol–water partition coefficient (Wildman–Crippen LogP) is 4.29. The molecule has 18 heavy (non-hydrogen) atoms. The van der Waals surface area contributed by atoms with Gasteiger partial charge in [0.05, 0.1) is 6.04 Å². The summed E-state index contributed by atoms with van der Waals surface area (Å²) in [6, 6.07) is 9.11. The maximum atomic E-state index is 3.48. The summed E-state index contributed by atoms with van der Waals surface area (Å²) in [5.41, 5.74) is 5.53. The minimum Gasteiger partial charge on any atom is -0.309 e. The van der Waals surface area contributed by atoms with E-state index in [0.717, 1.165) is 0 Å². The lowest BCUT2D eigenvalue weighted by Gasteiger charge is -2.21. The van der Waals surface area contributed by atoms with Gasteiger partial charge in [0.15, 0.2) is 0 Å². The average molecular weight is 259 g/mol. The highest BCUT2D eigenvalue weighted by Gasteiger charge is 2.19. The average Bonchev–Trinajstić information content (AvgIpc) is 2.63. The minimum absolute atomic E-state index is 0.310. The number of rotatable bonds is 3. The molecule has 2 aromatic rings. The second-order valence-corrected chi connectivity index (χ2v) is 6.22. The van der Waals surface area contributed by atoms with Crippen LogP contribution < -0.4 is 5.32 Å². The SMILES string of the molecule is CNC(c1sc(C)cc1C)c1c(C)cccc1C. The van der Waals surface area contributed by atoms with Crippen molar-refractivity contribution in [2.45, 2.75) is 33.7 Å². The van der Waals surface area contributed by atoms with Crippen LogP contribution in [0.4, 0.5) is 0 Å². The Morgan fingerprint density at radius 1 is 1.00 bits per heavy atom. The Morgan fingerprint density at radius 3 is 2.06 bits per heavy atom. The zero-order valence-electron chi connectivity index (χ0n) is 11.8. The molecule has 1 aromatic heterocycles. The van der Waals surface area contributed by atoms with Crippen molar-refractivity contribution in [1.82, 2.24) is 5.32 Å². The Morgan fingerprint density at radius 2 is 1.61 bits per heavy atom. The van der Waals surface area contributed by atoms with Gasteiger partial charge in [-0.05, 0) is 63.1 Å². The van der Waals surface area contributed by atoms with Crippen molar-refractivity contribution in [2.24, 2.45) is 0 Å². The van der Waals surface area contributed by atoms with Crippen molar-refractivity contribution in [2.75, 3.05) is 7.05 Å². The van der Waals surface area contributed by atoms with Gasteiger partial charge in [-0.1, -0.05) is 18.2 Å². The molecule has 0 saturated carbocycles. The van der Waals surface area contributed by atoms with E-state index >= 15 is 0 Å². The summed E-state index contributed by atoms with van der Waals surface area (Å²) in [5, 5.41) is 3.48. The van der Waals surface area contributed by atoms with Crippen LogP contribution >= 0.6 is 11.3 Å². The molecule has 0 spiro atoms. The van der Waals surface area contributed by atoms with Gasteiger partial charge in [-0.2, -0.15) is 0 Å². The molecule has 0 fully saturated rings. The lowest BCUT2D eigenvalue weighted by Crippen LogP contribution is -2.19. The molecule has 0 aliphatic heterocycles. The van der Waals surface area contributed by atoms with E-state index in [9.17, 15) is 0 Å². The van der Waals surface area contributed by atoms with E-state index in [1.165, 1.54) is 32.0 Å². The molecule has 96 valence electrons. The first-order chi connectivity index (χ1) is 8.54. The van der Waals surface area contributed by atoms with Crippen LogP contribution in [0.1, 0.15) is 38.0 Å². The van der Waals surface area contributed by atoms with E-state index in [1.807, 2.05) is 18.4 Å². The first-order valence-electron chi connectivity index (χ1n) is 6.35. The quantitative estimate of drug-likeness (QED) is 0.867. The van der Waals surface area contributed by atoms with Crippen molar-refractivity contribution >= 4 is 11.3 Å². The first kappa shape index (κ1) is 13.3. The van der Waals surface area contributed by atoms with E-state index in [-0.39, 0.29) is 0 Å². The second-order valence-electron chi connectivity index (χ2n) is 4.93. The summed E-state index contributed by atoms with van der Waals surface area (Å²) in [6.45, 7) is 8.78. The van der Waals surface area contributed by atoms with Crippen LogP contribution in [0.5, 0.6) is 0 Å². The van der Waals surface area contributed by atoms with Gasteiger partial charge in [-0.15, -0.1) is 11.3 Å². The molecule has 0 saturated heterocycles. The Labute approximate surface area is 114 Å². The van der Waals surface area contributed by atoms with Gasteiger partial charge < -0.3 is 5.32 Å². The molecule has 0 amide bonds. The fourth-order valence-electron chi connectivity index (χ4n) is 2.64. The molecular weight excluding hydrogens is 238 g/mol. The van der Waals surface area contributed by atoms with Gasteiger partial charge >= 0.3 is 0 Å². The maximum absolute atomic E-state index is 3.48. The van der Waals surface area contributed by atoms with E-state index in [0.29, 0.717) is 6.04 Å². The molecule has 1 heterocycles. The monoisotopic (exact) mass is 259 g/mol. The number of hydrogen-bond donors (Lipinski definition) is 1. The molecule has 2 rings (SSSR count). The van der Waals surface area contributed by atoms with Gasteiger partial charge in [-0.25, -0.2) is 0 Å². The number of hydrogen-bond acceptors (Lipinski definition) is 2. The molecule has 0 bridgehead atoms. The highest BCUT2D eigenvalue weighted by Crippen LogP contribution is 2.34. The van der Waals surface area contributed by atoms with Crippen molar-refractivity contribution < 1.29 is 0 Å². The van der Waals surface area contributed by atoms with Gasteiger partial charge in [0.25, 0.3) is 0 Å². The van der Waals surface area contributed by atoms with Crippen LogP contribution in [0.3, 0.4) is 0 Å². The number of benzene rings is 1. The fourth-order valence-corrected chi connectivity index (χ4v) is 3.79. The highest BCUT2D eigenvalue weighted by molar-refractivity contribution is 7.12. The van der Waals surface area contributed by atoms with Crippen molar-refractivity contribution in [3.8, 4) is 0 Å². The van der Waals surface area contributed by atoms with Crippen LogP contribution in [0, 0.1) is 27.7 Å². The third-order valence-corrected chi connectivity index (χ3v) is 4.68. The van der Waals surface area contributed by atoms with Crippen molar-refractivity contribution in [3.05, 3.63) is 56.3 Å². The van der Waals surface area contributed by atoms with E-state index in [1.54, 1.807) is 0 Å². The Hall–Kier alpha value is -1.12. The zero-order chi connectivity index (χ0) is 13.3. The van der Waals surface area contributed by atoms with E-state index in [4.69, 9.17) is 0 Å². The van der Waals surface area contributed by atoms with Crippen LogP contribution in [-0.2, 0) is 0 Å². The van der Waals surface area contributed by atoms with Crippen molar-refractivity contribution in [1.29, 1.82) is 0 Å². The van der Waals surface area contributed by atoms with Crippen molar-refractivity contribution in [3.63, 3.8) is 0 Å². The molecule has 0 radical (unpaired) electrons. The van der Waals surface area contributed by atoms with Crippen LogP contribution in [0.25, 0.3) is 0 Å². The second kappa shape index (κ2) is 5.25. The Bertz CT molecular complexity index is 534. The third-order valence-electron chi connectivity index (χ3n) is 3.46. The molecular formula is C16H21NS. The largest absolute Gasteiger partial charge is 0.309 e. The summed E-state index contributed by atoms with van der Waals surface area (Å²) in [5.74, 6) is 0. The highest BCUT2D eigenvalue weighted by atomic mass is 32.1. The smallest absolute Gasteiger partial charge is 0.0676 e. The van der Waals surface area contributed by atoms with Gasteiger partial charge in [0, 0.05) is 9.75 Å². The molecule has 2 heteroatoms. The third kappa shape index (κ3) is 2.36. The zero-order valence-corrected chi connectivity index (χ0v) is 12.6. The van der Waals surface area contributed by atoms with Crippen LogP contribution in [0.15, 0.2) is 24.3 Å². The molecule has 1 atom stereocenters. The van der Waals surface area contributed by atoms with E-state index in [2.05, 4.69) is 57.3 Å². The summed E-state index contributed by atoms with van der Waals surface area (Å²) >= 11 is 1.90. The minimum atomic E-state index is 0.310. The maximum Gasteiger partial charge on any atom is 0.0676 e. The van der Waals surface area contributed by atoms with E-state index < -0.39 is 0 Å². The van der Waals surface area contributed by atoms with Gasteiger partial charge in [-0.3, -0.25) is 0 Å². The van der Waals surface area contributed by atoms with Crippen LogP contribution in [0.2, 0.25) is 0 Å². The first-order valence-corrected chi connectivity index (χ1v) is 7.16. The molecule has 0 aliphatic rings.